The number of sulfonamides is 1. The quantitative estimate of drug-likeness (QED) is 0.183. The first-order chi connectivity index (χ1) is 18.2. The molecule has 4 aromatic rings. The predicted octanol–water partition coefficient (Wildman–Crippen LogP) is 7.82. The van der Waals surface area contributed by atoms with Crippen LogP contribution in [0.5, 0.6) is 5.75 Å². The minimum absolute atomic E-state index is 0.0961. The molecule has 0 aromatic heterocycles. The molecule has 0 atom stereocenters. The number of anilines is 5. The van der Waals surface area contributed by atoms with Crippen molar-refractivity contribution in [2.24, 2.45) is 0 Å². The highest BCUT2D eigenvalue weighted by Crippen LogP contribution is 2.52. The van der Waals surface area contributed by atoms with Crippen LogP contribution in [-0.2, 0) is 10.0 Å². The third-order valence-electron chi connectivity index (χ3n) is 6.14. The van der Waals surface area contributed by atoms with Crippen molar-refractivity contribution >= 4 is 61.1 Å². The van der Waals surface area contributed by atoms with Crippen LogP contribution in [0.1, 0.15) is 12.8 Å². The maximum Gasteiger partial charge on any atom is 0.242 e. The molecule has 0 amide bonds. The summed E-state index contributed by atoms with van der Waals surface area (Å²) in [5.74, 6) is -3.55. The van der Waals surface area contributed by atoms with Crippen molar-refractivity contribution in [3.05, 3.63) is 106 Å². The van der Waals surface area contributed by atoms with Crippen LogP contribution < -0.4 is 13.9 Å². The van der Waals surface area contributed by atoms with Gasteiger partial charge in [-0.15, -0.1) is 0 Å². The summed E-state index contributed by atoms with van der Waals surface area (Å²) in [7, 11) is -2.85. The van der Waals surface area contributed by atoms with E-state index in [0.717, 1.165) is 10.4 Å². The molecule has 4 aromatic carbocycles. The van der Waals surface area contributed by atoms with Crippen LogP contribution in [0.3, 0.4) is 0 Å². The number of methoxy groups -OCH3 is 1. The van der Waals surface area contributed by atoms with Crippen LogP contribution in [-0.4, -0.2) is 20.8 Å². The van der Waals surface area contributed by atoms with Crippen molar-refractivity contribution in [2.75, 3.05) is 16.3 Å². The number of rotatable bonds is 8. The number of nitrogens with zero attached hydrogens (tertiary/aromatic N) is 2. The molecular weight excluding hydrogens is 628 g/mol. The molecule has 0 heterocycles. The topological polar surface area (TPSA) is 49.9 Å². The fourth-order valence-electron chi connectivity index (χ4n) is 4.25. The smallest absolute Gasteiger partial charge is 0.242 e. The average Bonchev–Trinajstić information content (AvgIpc) is 3.76. The first kappa shape index (κ1) is 26.4. The summed E-state index contributed by atoms with van der Waals surface area (Å²) in [4.78, 5) is 1.18. The number of para-hydroxylation sites is 2. The van der Waals surface area contributed by atoms with Crippen molar-refractivity contribution in [1.29, 1.82) is 0 Å². The minimum Gasteiger partial charge on any atom is -0.494 e. The molecule has 1 fully saturated rings. The van der Waals surface area contributed by atoms with Gasteiger partial charge in [0.05, 0.1) is 23.7 Å². The Labute approximate surface area is 232 Å². The second-order valence-electron chi connectivity index (χ2n) is 8.68. The van der Waals surface area contributed by atoms with E-state index >= 15 is 13.2 Å². The molecule has 1 aliphatic rings. The lowest BCUT2D eigenvalue weighted by Gasteiger charge is -2.34. The van der Waals surface area contributed by atoms with E-state index in [-0.39, 0.29) is 28.5 Å². The second-order valence-corrected chi connectivity index (χ2v) is 12.0. The third kappa shape index (κ3) is 4.82. The largest absolute Gasteiger partial charge is 0.494 e. The summed E-state index contributed by atoms with van der Waals surface area (Å²) >= 11 is 1.95. The van der Waals surface area contributed by atoms with Gasteiger partial charge in [0.25, 0.3) is 0 Å². The summed E-state index contributed by atoms with van der Waals surface area (Å²) in [6.07, 6.45) is 0.863. The van der Waals surface area contributed by atoms with Gasteiger partial charge in [-0.05, 0) is 77.9 Å². The van der Waals surface area contributed by atoms with Gasteiger partial charge in [-0.3, -0.25) is 0 Å². The number of hydrogen-bond acceptors (Lipinski definition) is 4. The average molecular weight is 650 g/mol. The standard InChI is InChI=1S/C28H22F3IN2O3S/c1-37-25-17-23(30)26(31)28(27(25)34(20-10-6-3-7-11-20)38(35,36)21-13-14-21)33(19-8-4-2-5-9-19)24-15-12-18(32)16-22(24)29/h2-12,15-17,21H,13-14H2,1H3. The van der Waals surface area contributed by atoms with Crippen LogP contribution >= 0.6 is 22.6 Å². The second kappa shape index (κ2) is 10.5. The number of ether oxygens (including phenoxy) is 1. The molecule has 196 valence electrons. The van der Waals surface area contributed by atoms with E-state index in [2.05, 4.69) is 0 Å². The fourth-order valence-corrected chi connectivity index (χ4v) is 6.58. The lowest BCUT2D eigenvalue weighted by Crippen LogP contribution is -2.32. The van der Waals surface area contributed by atoms with E-state index in [4.69, 9.17) is 4.74 Å². The first-order valence-corrected chi connectivity index (χ1v) is 14.3. The van der Waals surface area contributed by atoms with Gasteiger partial charge in [-0.25, -0.2) is 25.9 Å². The number of hydrogen-bond donors (Lipinski definition) is 0. The lowest BCUT2D eigenvalue weighted by molar-refractivity contribution is 0.408. The van der Waals surface area contributed by atoms with Crippen LogP contribution in [0.2, 0.25) is 0 Å². The zero-order valence-corrected chi connectivity index (χ0v) is 23.1. The Kier molecular flexibility index (Phi) is 7.28. The van der Waals surface area contributed by atoms with Crippen molar-refractivity contribution in [3.63, 3.8) is 0 Å². The van der Waals surface area contributed by atoms with E-state index in [1.54, 1.807) is 66.7 Å². The molecule has 5 nitrogen and oxygen atoms in total. The normalized spacial score (nSPS) is 13.3. The number of halogens is 4. The van der Waals surface area contributed by atoms with Crippen molar-refractivity contribution in [3.8, 4) is 5.75 Å². The van der Waals surface area contributed by atoms with E-state index in [0.29, 0.717) is 16.4 Å². The molecular formula is C28H22F3IN2O3S. The molecule has 0 N–H and O–H groups in total. The zero-order chi connectivity index (χ0) is 27.0. The fraction of sp³-hybridized carbons (Fsp3) is 0.143. The van der Waals surface area contributed by atoms with E-state index in [9.17, 15) is 8.42 Å². The molecule has 38 heavy (non-hydrogen) atoms. The van der Waals surface area contributed by atoms with Crippen LogP contribution in [0, 0.1) is 21.0 Å². The van der Waals surface area contributed by atoms with E-state index in [1.165, 1.54) is 24.1 Å². The van der Waals surface area contributed by atoms with Gasteiger partial charge in [-0.1, -0.05) is 36.4 Å². The molecule has 0 spiro atoms. The highest BCUT2D eigenvalue weighted by atomic mass is 127. The van der Waals surface area contributed by atoms with Crippen molar-refractivity contribution in [2.45, 2.75) is 18.1 Å². The zero-order valence-electron chi connectivity index (χ0n) is 20.1. The molecule has 5 rings (SSSR count). The Balaban J connectivity index is 1.91. The van der Waals surface area contributed by atoms with E-state index < -0.39 is 38.4 Å². The van der Waals surface area contributed by atoms with Crippen molar-refractivity contribution in [1.82, 2.24) is 0 Å². The Morgan fingerprint density at radius 1 is 0.816 bits per heavy atom. The first-order valence-electron chi connectivity index (χ1n) is 11.7. The van der Waals surface area contributed by atoms with Crippen LogP contribution in [0.15, 0.2) is 84.9 Å². The Morgan fingerprint density at radius 2 is 1.42 bits per heavy atom. The van der Waals surface area contributed by atoms with Gasteiger partial charge < -0.3 is 9.64 Å². The van der Waals surface area contributed by atoms with E-state index in [1.807, 2.05) is 22.6 Å². The predicted molar refractivity (Wildman–Crippen MR) is 151 cm³/mol. The Bertz CT molecular complexity index is 1580. The minimum atomic E-state index is -4.09. The molecule has 10 heteroatoms. The van der Waals surface area contributed by atoms with Crippen LogP contribution in [0.4, 0.5) is 41.6 Å². The summed E-state index contributed by atoms with van der Waals surface area (Å²) in [6, 6.07) is 21.5. The van der Waals surface area contributed by atoms with Crippen molar-refractivity contribution < 1.29 is 26.3 Å². The van der Waals surface area contributed by atoms with Gasteiger partial charge in [0, 0.05) is 15.3 Å². The summed E-state index contributed by atoms with van der Waals surface area (Å²) < 4.78 is 81.5. The highest BCUT2D eigenvalue weighted by Gasteiger charge is 2.44. The van der Waals surface area contributed by atoms with Gasteiger partial charge in [-0.2, -0.15) is 0 Å². The lowest BCUT2D eigenvalue weighted by atomic mass is 10.1. The van der Waals surface area contributed by atoms with Gasteiger partial charge in [0.15, 0.2) is 11.6 Å². The molecule has 0 aliphatic heterocycles. The van der Waals surface area contributed by atoms with Gasteiger partial charge in [0.2, 0.25) is 10.0 Å². The highest BCUT2D eigenvalue weighted by molar-refractivity contribution is 14.1. The van der Waals surface area contributed by atoms with Gasteiger partial charge >= 0.3 is 0 Å². The molecule has 1 aliphatic carbocycles. The molecule has 0 saturated heterocycles. The summed E-state index contributed by atoms with van der Waals surface area (Å²) in [5, 5.41) is -0.700. The Morgan fingerprint density at radius 3 is 1.97 bits per heavy atom. The SMILES string of the molecule is COc1cc(F)c(F)c(N(c2ccccc2)c2ccc(I)cc2F)c1N(c1ccccc1)S(=O)(=O)C1CC1. The van der Waals surface area contributed by atoms with Crippen LogP contribution in [0.25, 0.3) is 0 Å². The third-order valence-corrected chi connectivity index (χ3v) is 9.02. The molecule has 0 bridgehead atoms. The maximum absolute atomic E-state index is 16.1. The monoisotopic (exact) mass is 650 g/mol. The Hall–Kier alpha value is -3.25. The summed E-state index contributed by atoms with van der Waals surface area (Å²) in [5.41, 5.74) is -0.355. The molecule has 1 saturated carbocycles. The van der Waals surface area contributed by atoms with Gasteiger partial charge in [0.1, 0.15) is 22.9 Å². The maximum atomic E-state index is 16.1. The molecule has 0 radical (unpaired) electrons. The molecule has 0 unspecified atom stereocenters. The number of benzene rings is 4. The summed E-state index contributed by atoms with van der Waals surface area (Å²) in [6.45, 7) is 0.